The Bertz CT molecular complexity index is 606. The van der Waals surface area contributed by atoms with Crippen molar-refractivity contribution in [1.29, 1.82) is 0 Å². The van der Waals surface area contributed by atoms with E-state index < -0.39 is 0 Å². The summed E-state index contributed by atoms with van der Waals surface area (Å²) in [6.07, 6.45) is 5.08. The summed E-state index contributed by atoms with van der Waals surface area (Å²) >= 11 is 0. The minimum Gasteiger partial charge on any atom is -0.346 e. The number of carbonyl (C=O) groups excluding carboxylic acids is 2. The zero-order chi connectivity index (χ0) is 17.9. The van der Waals surface area contributed by atoms with Gasteiger partial charge in [-0.05, 0) is 36.7 Å². The van der Waals surface area contributed by atoms with Crippen molar-refractivity contribution in [3.8, 4) is 0 Å². The molecule has 138 valence electrons. The number of likely N-dealkylation sites (tertiary alicyclic amines) is 1. The molecule has 0 saturated carbocycles. The van der Waals surface area contributed by atoms with Gasteiger partial charge in [0.1, 0.15) is 6.33 Å². The van der Waals surface area contributed by atoms with Crippen LogP contribution in [0.1, 0.15) is 32.1 Å². The fraction of sp³-hybridized carbons (Fsp3) is 0.812. The van der Waals surface area contributed by atoms with Crippen molar-refractivity contribution in [3.05, 3.63) is 6.33 Å². The highest BCUT2D eigenvalue weighted by molar-refractivity contribution is 5.77. The number of aromatic nitrogens is 4. The van der Waals surface area contributed by atoms with E-state index in [1.165, 1.54) is 0 Å². The summed E-state index contributed by atoms with van der Waals surface area (Å²) in [4.78, 5) is 30.8. The minimum atomic E-state index is -0.0792. The lowest BCUT2D eigenvalue weighted by atomic mass is 9.86. The fourth-order valence-corrected chi connectivity index (χ4v) is 3.80. The third-order valence-corrected chi connectivity index (χ3v) is 5.66. The van der Waals surface area contributed by atoms with Crippen molar-refractivity contribution in [3.63, 3.8) is 0 Å². The van der Waals surface area contributed by atoms with Crippen LogP contribution in [0.3, 0.4) is 0 Å². The van der Waals surface area contributed by atoms with Crippen LogP contribution in [0.15, 0.2) is 6.33 Å². The number of nitrogens with zero attached hydrogens (tertiary/aromatic N) is 7. The maximum Gasteiger partial charge on any atom is 0.222 e. The van der Waals surface area contributed by atoms with Gasteiger partial charge in [0.25, 0.3) is 0 Å². The number of rotatable bonds is 4. The number of amides is 2. The Kier molecular flexibility index (Phi) is 5.31. The van der Waals surface area contributed by atoms with E-state index in [0.717, 1.165) is 38.9 Å². The second-order valence-electron chi connectivity index (χ2n) is 7.20. The third-order valence-electron chi connectivity index (χ3n) is 5.66. The topological polar surface area (TPSA) is 87.5 Å². The van der Waals surface area contributed by atoms with Crippen LogP contribution in [-0.4, -0.2) is 92.5 Å². The minimum absolute atomic E-state index is 0.0792. The molecule has 1 aromatic rings. The Balaban J connectivity index is 1.57. The van der Waals surface area contributed by atoms with E-state index in [2.05, 4.69) is 27.5 Å². The first kappa shape index (κ1) is 17.8. The predicted octanol–water partition coefficient (Wildman–Crippen LogP) is -0.392. The molecule has 3 heterocycles. The Morgan fingerprint density at radius 2 is 2.08 bits per heavy atom. The molecule has 1 aromatic heterocycles. The van der Waals surface area contributed by atoms with Gasteiger partial charge in [-0.15, -0.1) is 5.10 Å². The van der Waals surface area contributed by atoms with Gasteiger partial charge in [0.05, 0.1) is 0 Å². The quantitative estimate of drug-likeness (QED) is 0.736. The number of hydrogen-bond acceptors (Lipinski definition) is 6. The molecule has 9 nitrogen and oxygen atoms in total. The van der Waals surface area contributed by atoms with E-state index in [1.54, 1.807) is 11.0 Å². The standard InChI is InChI=1S/C16H27N7O2/c1-20-9-7-16(6-5-14(20)24)12-22(11-10-21(16)2)15(25)4-3-8-23-13-17-18-19-23/h13H,3-12H2,1-2H3. The van der Waals surface area contributed by atoms with Gasteiger partial charge in [-0.2, -0.15) is 0 Å². The van der Waals surface area contributed by atoms with E-state index in [1.807, 2.05) is 16.8 Å². The molecule has 0 radical (unpaired) electrons. The molecular formula is C16H27N7O2. The number of tetrazole rings is 1. The molecule has 1 atom stereocenters. The van der Waals surface area contributed by atoms with Crippen molar-refractivity contribution < 1.29 is 9.59 Å². The Labute approximate surface area is 147 Å². The van der Waals surface area contributed by atoms with Crippen LogP contribution < -0.4 is 0 Å². The summed E-state index contributed by atoms with van der Waals surface area (Å²) in [6, 6.07) is 0. The zero-order valence-electron chi connectivity index (χ0n) is 15.1. The lowest BCUT2D eigenvalue weighted by Crippen LogP contribution is -2.62. The third kappa shape index (κ3) is 3.97. The van der Waals surface area contributed by atoms with E-state index in [-0.39, 0.29) is 17.4 Å². The summed E-state index contributed by atoms with van der Waals surface area (Å²) in [7, 11) is 3.99. The number of likely N-dealkylation sites (N-methyl/N-ethyl adjacent to an activating group) is 1. The van der Waals surface area contributed by atoms with Crippen molar-refractivity contribution in [1.82, 2.24) is 34.9 Å². The Morgan fingerprint density at radius 1 is 1.24 bits per heavy atom. The monoisotopic (exact) mass is 349 g/mol. The van der Waals surface area contributed by atoms with Gasteiger partial charge in [0, 0.05) is 58.2 Å². The summed E-state index contributed by atoms with van der Waals surface area (Å²) in [5.41, 5.74) is -0.0792. The first-order valence-electron chi connectivity index (χ1n) is 8.94. The van der Waals surface area contributed by atoms with Crippen molar-refractivity contribution in [2.75, 3.05) is 40.3 Å². The molecule has 2 saturated heterocycles. The van der Waals surface area contributed by atoms with Crippen LogP contribution in [0, 0.1) is 0 Å². The number of hydrogen-bond donors (Lipinski definition) is 0. The summed E-state index contributed by atoms with van der Waals surface area (Å²) < 4.78 is 1.64. The van der Waals surface area contributed by atoms with Crippen LogP contribution >= 0.6 is 0 Å². The molecule has 9 heteroatoms. The molecule has 2 amide bonds. The highest BCUT2D eigenvalue weighted by atomic mass is 16.2. The van der Waals surface area contributed by atoms with Crippen molar-refractivity contribution >= 4 is 11.8 Å². The van der Waals surface area contributed by atoms with Crippen LogP contribution in [0.4, 0.5) is 0 Å². The average Bonchev–Trinajstić information content (AvgIpc) is 3.08. The molecule has 25 heavy (non-hydrogen) atoms. The van der Waals surface area contributed by atoms with Crippen LogP contribution in [0.2, 0.25) is 0 Å². The van der Waals surface area contributed by atoms with E-state index in [4.69, 9.17) is 0 Å². The van der Waals surface area contributed by atoms with Gasteiger partial charge in [-0.1, -0.05) is 0 Å². The molecule has 0 bridgehead atoms. The van der Waals surface area contributed by atoms with E-state index in [0.29, 0.717) is 25.9 Å². The summed E-state index contributed by atoms with van der Waals surface area (Å²) in [5.74, 6) is 0.389. The summed E-state index contributed by atoms with van der Waals surface area (Å²) in [6.45, 7) is 3.73. The Hall–Kier alpha value is -2.03. The smallest absolute Gasteiger partial charge is 0.222 e. The number of carbonyl (C=O) groups is 2. The molecule has 1 spiro atoms. The van der Waals surface area contributed by atoms with Gasteiger partial charge in [0.2, 0.25) is 11.8 Å². The number of piperazine rings is 1. The molecule has 0 N–H and O–H groups in total. The maximum atomic E-state index is 12.6. The number of aryl methyl sites for hydroxylation is 1. The first-order chi connectivity index (χ1) is 12.0. The molecule has 2 aliphatic rings. The van der Waals surface area contributed by atoms with Crippen LogP contribution in [-0.2, 0) is 16.1 Å². The van der Waals surface area contributed by atoms with Crippen LogP contribution in [0.5, 0.6) is 0 Å². The van der Waals surface area contributed by atoms with E-state index >= 15 is 0 Å². The van der Waals surface area contributed by atoms with Gasteiger partial charge < -0.3 is 9.80 Å². The van der Waals surface area contributed by atoms with Gasteiger partial charge >= 0.3 is 0 Å². The normalized spacial score (nSPS) is 25.4. The van der Waals surface area contributed by atoms with E-state index in [9.17, 15) is 9.59 Å². The predicted molar refractivity (Wildman–Crippen MR) is 90.5 cm³/mol. The first-order valence-corrected chi connectivity index (χ1v) is 8.94. The highest BCUT2D eigenvalue weighted by Crippen LogP contribution is 2.32. The zero-order valence-corrected chi connectivity index (χ0v) is 15.1. The molecule has 2 fully saturated rings. The highest BCUT2D eigenvalue weighted by Gasteiger charge is 2.42. The van der Waals surface area contributed by atoms with Crippen molar-refractivity contribution in [2.24, 2.45) is 0 Å². The lowest BCUT2D eigenvalue weighted by molar-refractivity contribution is -0.137. The summed E-state index contributed by atoms with van der Waals surface area (Å²) in [5, 5.41) is 11.0. The molecular weight excluding hydrogens is 322 g/mol. The average molecular weight is 349 g/mol. The van der Waals surface area contributed by atoms with Gasteiger partial charge in [0.15, 0.2) is 0 Å². The molecule has 2 aliphatic heterocycles. The molecule has 0 aromatic carbocycles. The van der Waals surface area contributed by atoms with Gasteiger partial charge in [-0.3, -0.25) is 14.5 Å². The molecule has 3 rings (SSSR count). The van der Waals surface area contributed by atoms with Gasteiger partial charge in [-0.25, -0.2) is 4.68 Å². The SMILES string of the molecule is CN1CCC2(CCC1=O)CN(C(=O)CCCn1cnnn1)CCN2C. The molecule has 0 aliphatic carbocycles. The van der Waals surface area contributed by atoms with Crippen LogP contribution in [0.25, 0.3) is 0 Å². The fourth-order valence-electron chi connectivity index (χ4n) is 3.80. The second kappa shape index (κ2) is 7.47. The maximum absolute atomic E-state index is 12.6. The Morgan fingerprint density at radius 3 is 2.84 bits per heavy atom. The second-order valence-corrected chi connectivity index (χ2v) is 7.20. The lowest BCUT2D eigenvalue weighted by Gasteiger charge is -2.49. The largest absolute Gasteiger partial charge is 0.346 e. The van der Waals surface area contributed by atoms with Crippen molar-refractivity contribution in [2.45, 2.75) is 44.2 Å². The molecule has 1 unspecified atom stereocenters.